The summed E-state index contributed by atoms with van der Waals surface area (Å²) in [4.78, 5) is 11.1. The number of ether oxygens (including phenoxy) is 3. The molecule has 0 saturated carbocycles. The first kappa shape index (κ1) is 22.8. The fourth-order valence-corrected chi connectivity index (χ4v) is 4.26. The second kappa shape index (κ2) is 9.96. The van der Waals surface area contributed by atoms with E-state index in [1.807, 2.05) is 31.2 Å². The minimum Gasteiger partial charge on any atom is -0.497 e. The summed E-state index contributed by atoms with van der Waals surface area (Å²) in [6, 6.07) is 11.9. The van der Waals surface area contributed by atoms with Crippen molar-refractivity contribution in [3.63, 3.8) is 0 Å². The van der Waals surface area contributed by atoms with Gasteiger partial charge in [0.15, 0.2) is 6.61 Å². The molecule has 1 aliphatic rings. The molecule has 4 atom stereocenters. The van der Waals surface area contributed by atoms with E-state index < -0.39 is 12.6 Å². The van der Waals surface area contributed by atoms with Crippen molar-refractivity contribution in [3.8, 4) is 11.5 Å². The van der Waals surface area contributed by atoms with Gasteiger partial charge in [0.2, 0.25) is 0 Å². The van der Waals surface area contributed by atoms with Gasteiger partial charge in [0, 0.05) is 23.5 Å². The van der Waals surface area contributed by atoms with E-state index in [1.54, 1.807) is 13.2 Å². The fraction of sp³-hybridized carbons (Fsp3) is 0.400. The predicted octanol–water partition coefficient (Wildman–Crippen LogP) is 5.51. The molecule has 1 N–H and O–H groups in total. The first-order chi connectivity index (χ1) is 14.8. The number of halogens is 1. The van der Waals surface area contributed by atoms with Gasteiger partial charge in [-0.2, -0.15) is 0 Å². The number of aliphatic carboxylic acids is 1. The maximum Gasteiger partial charge on any atom is 0.341 e. The van der Waals surface area contributed by atoms with E-state index >= 15 is 0 Å². The summed E-state index contributed by atoms with van der Waals surface area (Å²) in [6.07, 6.45) is 1.15. The molecule has 0 unspecified atom stereocenters. The number of carbonyl (C=O) groups is 1. The minimum atomic E-state index is -1.06. The van der Waals surface area contributed by atoms with Crippen molar-refractivity contribution < 1.29 is 28.5 Å². The smallest absolute Gasteiger partial charge is 0.341 e. The van der Waals surface area contributed by atoms with Gasteiger partial charge in [-0.1, -0.05) is 31.2 Å². The van der Waals surface area contributed by atoms with Crippen LogP contribution in [0.3, 0.4) is 0 Å². The molecule has 1 aliphatic heterocycles. The van der Waals surface area contributed by atoms with Crippen molar-refractivity contribution in [2.24, 2.45) is 5.92 Å². The zero-order valence-corrected chi connectivity index (χ0v) is 18.1. The summed E-state index contributed by atoms with van der Waals surface area (Å²) >= 11 is 0. The van der Waals surface area contributed by atoms with Crippen LogP contribution in [-0.4, -0.2) is 30.9 Å². The molecule has 0 aromatic heterocycles. The number of benzene rings is 2. The highest BCUT2D eigenvalue weighted by Gasteiger charge is 2.40. The molecule has 166 valence electrons. The molecule has 1 fully saturated rings. The van der Waals surface area contributed by atoms with Gasteiger partial charge in [-0.3, -0.25) is 0 Å². The van der Waals surface area contributed by atoms with E-state index in [1.165, 1.54) is 12.1 Å². The maximum absolute atomic E-state index is 13.4. The zero-order valence-electron chi connectivity index (χ0n) is 18.1. The molecule has 1 heterocycles. The van der Waals surface area contributed by atoms with Crippen LogP contribution < -0.4 is 9.47 Å². The molecule has 2 aromatic carbocycles. The normalized spacial score (nSPS) is 23.2. The summed E-state index contributed by atoms with van der Waals surface area (Å²) in [6.45, 7) is 7.76. The van der Waals surface area contributed by atoms with Crippen LogP contribution in [0.15, 0.2) is 54.6 Å². The molecule has 6 heteroatoms. The first-order valence-electron chi connectivity index (χ1n) is 10.4. The Hall–Kier alpha value is -2.86. The van der Waals surface area contributed by atoms with E-state index in [4.69, 9.17) is 19.3 Å². The highest BCUT2D eigenvalue weighted by atomic mass is 19.1. The Kier molecular flexibility index (Phi) is 7.33. The highest BCUT2D eigenvalue weighted by molar-refractivity contribution is 5.68. The van der Waals surface area contributed by atoms with E-state index in [-0.39, 0.29) is 29.9 Å². The SMILES string of the molecule is C=C(C)[C@H]1C[C@H](c2ccc(F)cc2)[C@H](CC)O[C@@H]1c1ccc(OC)cc1OCC(=O)O. The van der Waals surface area contributed by atoms with Crippen molar-refractivity contribution in [1.82, 2.24) is 0 Å². The van der Waals surface area contributed by atoms with Crippen LogP contribution >= 0.6 is 0 Å². The lowest BCUT2D eigenvalue weighted by Crippen LogP contribution is -2.36. The van der Waals surface area contributed by atoms with Gasteiger partial charge in [-0.05, 0) is 49.6 Å². The van der Waals surface area contributed by atoms with E-state index in [0.717, 1.165) is 29.5 Å². The largest absolute Gasteiger partial charge is 0.497 e. The second-order valence-electron chi connectivity index (χ2n) is 7.94. The van der Waals surface area contributed by atoms with Gasteiger partial charge in [-0.15, -0.1) is 0 Å². The summed E-state index contributed by atoms with van der Waals surface area (Å²) in [5.74, 6) is -0.237. The van der Waals surface area contributed by atoms with Crippen LogP contribution in [0.2, 0.25) is 0 Å². The van der Waals surface area contributed by atoms with Crippen molar-refractivity contribution in [1.29, 1.82) is 0 Å². The lowest BCUT2D eigenvalue weighted by molar-refractivity contribution is -0.139. The van der Waals surface area contributed by atoms with Gasteiger partial charge >= 0.3 is 5.97 Å². The Bertz CT molecular complexity index is 924. The number of carboxylic acids is 1. The van der Waals surface area contributed by atoms with E-state index in [0.29, 0.717) is 11.5 Å². The monoisotopic (exact) mass is 428 g/mol. The average Bonchev–Trinajstić information content (AvgIpc) is 2.77. The molecule has 2 aromatic rings. The second-order valence-corrected chi connectivity index (χ2v) is 7.94. The Morgan fingerprint density at radius 1 is 1.26 bits per heavy atom. The van der Waals surface area contributed by atoms with Crippen LogP contribution in [0, 0.1) is 11.7 Å². The van der Waals surface area contributed by atoms with E-state index in [9.17, 15) is 9.18 Å². The average molecular weight is 429 g/mol. The molecular formula is C25H29FO5. The minimum absolute atomic E-state index is 0.0153. The summed E-state index contributed by atoms with van der Waals surface area (Å²) in [5, 5.41) is 9.07. The maximum atomic E-state index is 13.4. The summed E-state index contributed by atoms with van der Waals surface area (Å²) < 4.78 is 30.9. The third-order valence-electron chi connectivity index (χ3n) is 5.86. The van der Waals surface area contributed by atoms with Gasteiger partial charge in [0.05, 0.1) is 19.3 Å². The Balaban J connectivity index is 1.98. The van der Waals surface area contributed by atoms with Crippen LogP contribution in [0.1, 0.15) is 49.8 Å². The molecule has 3 rings (SSSR count). The molecular weight excluding hydrogens is 399 g/mol. The van der Waals surface area contributed by atoms with Crippen LogP contribution in [0.5, 0.6) is 11.5 Å². The van der Waals surface area contributed by atoms with Crippen LogP contribution in [-0.2, 0) is 9.53 Å². The number of methoxy groups -OCH3 is 1. The highest BCUT2D eigenvalue weighted by Crippen LogP contribution is 2.49. The molecule has 0 bridgehead atoms. The number of hydrogen-bond acceptors (Lipinski definition) is 4. The fourth-order valence-electron chi connectivity index (χ4n) is 4.26. The number of rotatable bonds is 8. The molecule has 0 radical (unpaired) electrons. The zero-order chi connectivity index (χ0) is 22.5. The van der Waals surface area contributed by atoms with Crippen molar-refractivity contribution in [3.05, 3.63) is 71.6 Å². The number of hydrogen-bond donors (Lipinski definition) is 1. The molecule has 5 nitrogen and oxygen atoms in total. The molecule has 1 saturated heterocycles. The van der Waals surface area contributed by atoms with Crippen LogP contribution in [0.25, 0.3) is 0 Å². The summed E-state index contributed by atoms with van der Waals surface area (Å²) in [7, 11) is 1.55. The summed E-state index contributed by atoms with van der Waals surface area (Å²) in [5.41, 5.74) is 2.77. The van der Waals surface area contributed by atoms with Gasteiger partial charge in [0.1, 0.15) is 17.3 Å². The van der Waals surface area contributed by atoms with E-state index in [2.05, 4.69) is 13.5 Å². The topological polar surface area (TPSA) is 65.0 Å². The van der Waals surface area contributed by atoms with Crippen LogP contribution in [0.4, 0.5) is 4.39 Å². The Morgan fingerprint density at radius 3 is 2.55 bits per heavy atom. The lowest BCUT2D eigenvalue weighted by Gasteiger charge is -2.43. The van der Waals surface area contributed by atoms with Crippen molar-refractivity contribution in [2.75, 3.05) is 13.7 Å². The third-order valence-corrected chi connectivity index (χ3v) is 5.86. The lowest BCUT2D eigenvalue weighted by atomic mass is 9.75. The third kappa shape index (κ3) is 5.25. The standard InChI is InChI=1S/C25H29FO5/c1-5-22-21(16-6-8-17(26)9-7-16)13-20(15(2)3)25(31-22)19-11-10-18(29-4)12-23(19)30-14-24(27)28/h6-12,20-22,25H,2,5,13-14H2,1,3-4H3,(H,27,28)/t20-,21-,22+,25-/m1/s1. The quantitative estimate of drug-likeness (QED) is 0.562. The van der Waals surface area contributed by atoms with Gasteiger partial charge < -0.3 is 19.3 Å². The van der Waals surface area contributed by atoms with Gasteiger partial charge in [0.25, 0.3) is 0 Å². The molecule has 0 spiro atoms. The molecule has 0 aliphatic carbocycles. The van der Waals surface area contributed by atoms with Crippen molar-refractivity contribution >= 4 is 5.97 Å². The molecule has 31 heavy (non-hydrogen) atoms. The Morgan fingerprint density at radius 2 is 1.97 bits per heavy atom. The number of carboxylic acid groups (broad SMARTS) is 1. The first-order valence-corrected chi connectivity index (χ1v) is 10.4. The predicted molar refractivity (Wildman–Crippen MR) is 116 cm³/mol. The van der Waals surface area contributed by atoms with Crippen molar-refractivity contribution in [2.45, 2.75) is 44.8 Å². The molecule has 0 amide bonds. The van der Waals surface area contributed by atoms with Gasteiger partial charge in [-0.25, -0.2) is 9.18 Å². The Labute approximate surface area is 182 Å².